The number of nitroso groups, excluding NO2 is 1. The summed E-state index contributed by atoms with van der Waals surface area (Å²) in [5.41, 5.74) is 3.19. The largest absolute Gasteiger partial charge is 0.380 e. The number of halogens is 1. The number of methoxy groups -OCH3 is 1. The lowest BCUT2D eigenvalue weighted by molar-refractivity contribution is -0.121. The van der Waals surface area contributed by atoms with Crippen LogP contribution in [0.2, 0.25) is 0 Å². The van der Waals surface area contributed by atoms with Crippen molar-refractivity contribution >= 4 is 34.9 Å². The van der Waals surface area contributed by atoms with Crippen molar-refractivity contribution in [2.45, 2.75) is 43.5 Å². The number of ether oxygens (including phenoxy) is 1. The van der Waals surface area contributed by atoms with E-state index in [1.54, 1.807) is 20.0 Å². The summed E-state index contributed by atoms with van der Waals surface area (Å²) in [6, 6.07) is 1.16. The van der Waals surface area contributed by atoms with E-state index in [1.807, 2.05) is 0 Å². The van der Waals surface area contributed by atoms with Gasteiger partial charge in [0.15, 0.2) is 12.3 Å². The number of carbonyl (C=O) groups excluding carboxylic acids is 2. The highest BCUT2D eigenvalue weighted by Crippen LogP contribution is 2.47. The molecule has 5 rings (SSSR count). The van der Waals surface area contributed by atoms with Crippen molar-refractivity contribution in [1.29, 1.82) is 0 Å². The lowest BCUT2D eigenvalue weighted by Gasteiger charge is -2.29. The van der Waals surface area contributed by atoms with Crippen molar-refractivity contribution in [1.82, 2.24) is 20.2 Å². The minimum absolute atomic E-state index is 0.109. The third-order valence-electron chi connectivity index (χ3n) is 7.08. The van der Waals surface area contributed by atoms with Crippen LogP contribution >= 0.6 is 11.8 Å². The monoisotopic (exact) mass is 539 g/mol. The number of nitrogens with zero attached hydrogens (tertiary/aromatic N) is 3. The molecule has 1 amide bonds. The first-order valence-corrected chi connectivity index (χ1v) is 13.1. The molecule has 2 unspecified atom stereocenters. The van der Waals surface area contributed by atoms with Crippen molar-refractivity contribution in [2.75, 3.05) is 26.5 Å². The van der Waals surface area contributed by atoms with E-state index in [-0.39, 0.29) is 36.2 Å². The number of thioether (sulfide) groups is 1. The maximum Gasteiger partial charge on any atom is 0.257 e. The van der Waals surface area contributed by atoms with E-state index in [0.717, 1.165) is 21.4 Å². The number of aromatic nitrogens is 2. The first-order valence-electron chi connectivity index (χ1n) is 12.1. The Bertz CT molecular complexity index is 1550. The van der Waals surface area contributed by atoms with E-state index < -0.39 is 17.4 Å². The van der Waals surface area contributed by atoms with Gasteiger partial charge in [-0.1, -0.05) is 5.18 Å². The number of nitrogens with one attached hydrogen (secondary N) is 2. The minimum Gasteiger partial charge on any atom is -0.380 e. The third-order valence-corrected chi connectivity index (χ3v) is 8.38. The molecule has 2 aliphatic rings. The average Bonchev–Trinajstić information content (AvgIpc) is 3.27. The zero-order valence-corrected chi connectivity index (χ0v) is 21.9. The molecule has 0 spiro atoms. The standard InChI is InChI=1S/C26H26FN5O5S/c1-12-16(27)7-17-23-22(19(11-38-25(12)23)29-21(34)4-5-28-2)14-8-32-20(24(14)30-17)6-13(18(9-33)31-36)15(10-37-3)26(32)35/h6-7,9,18-19,28H,4-5,8,10-11H2,1-3H3,(H,29,34). The smallest absolute Gasteiger partial charge is 0.257 e. The normalized spacial score (nSPS) is 16.2. The number of rotatable bonds is 9. The molecule has 0 saturated heterocycles. The van der Waals surface area contributed by atoms with Gasteiger partial charge in [-0.15, -0.1) is 16.7 Å². The number of hydrogen-bond donors (Lipinski definition) is 2. The van der Waals surface area contributed by atoms with Crippen molar-refractivity contribution in [2.24, 2.45) is 5.18 Å². The summed E-state index contributed by atoms with van der Waals surface area (Å²) in [5, 5.41) is 9.72. The molecule has 2 N–H and O–H groups in total. The van der Waals surface area contributed by atoms with Crippen LogP contribution in [0, 0.1) is 17.6 Å². The number of benzene rings is 1. The molecule has 4 heterocycles. The van der Waals surface area contributed by atoms with Gasteiger partial charge in [0.2, 0.25) is 5.91 Å². The van der Waals surface area contributed by atoms with Crippen molar-refractivity contribution in [3.05, 3.63) is 61.0 Å². The molecule has 0 aliphatic carbocycles. The lowest BCUT2D eigenvalue weighted by Crippen LogP contribution is -2.34. The van der Waals surface area contributed by atoms with E-state index in [1.165, 1.54) is 29.5 Å². The minimum atomic E-state index is -1.39. The van der Waals surface area contributed by atoms with Crippen LogP contribution in [0.15, 0.2) is 27.0 Å². The molecule has 2 aromatic heterocycles. The summed E-state index contributed by atoms with van der Waals surface area (Å²) in [5.74, 6) is -0.0382. The predicted octanol–water partition coefficient (Wildman–Crippen LogP) is 2.90. The Labute approximate surface area is 221 Å². The zero-order valence-electron chi connectivity index (χ0n) is 21.1. The molecule has 1 aromatic carbocycles. The Kier molecular flexibility index (Phi) is 7.12. The van der Waals surface area contributed by atoms with Gasteiger partial charge in [-0.25, -0.2) is 9.37 Å². The average molecular weight is 540 g/mol. The highest BCUT2D eigenvalue weighted by atomic mass is 32.2. The van der Waals surface area contributed by atoms with Crippen molar-refractivity contribution < 1.29 is 18.7 Å². The number of amides is 1. The summed E-state index contributed by atoms with van der Waals surface area (Å²) in [6.07, 6.45) is 0.669. The summed E-state index contributed by atoms with van der Waals surface area (Å²) < 4.78 is 21.6. The number of pyridine rings is 2. The molecule has 2 aliphatic heterocycles. The molecule has 2 atom stereocenters. The molecule has 198 valence electrons. The molecule has 10 nitrogen and oxygen atoms in total. The van der Waals surface area contributed by atoms with Gasteiger partial charge in [-0.2, -0.15) is 0 Å². The van der Waals surface area contributed by atoms with Crippen LogP contribution in [-0.4, -0.2) is 48.2 Å². The van der Waals surface area contributed by atoms with Crippen LogP contribution < -0.4 is 16.2 Å². The highest BCUT2D eigenvalue weighted by Gasteiger charge is 2.36. The maximum atomic E-state index is 14.9. The maximum absolute atomic E-state index is 14.9. The molecule has 0 saturated carbocycles. The number of fused-ring (bicyclic) bond motifs is 4. The van der Waals surface area contributed by atoms with E-state index in [2.05, 4.69) is 15.8 Å². The van der Waals surface area contributed by atoms with E-state index in [4.69, 9.17) is 9.72 Å². The molecule has 0 radical (unpaired) electrons. The lowest BCUT2D eigenvalue weighted by atomic mass is 9.93. The fourth-order valence-corrected chi connectivity index (χ4v) is 6.52. The second-order valence-electron chi connectivity index (χ2n) is 9.32. The fraction of sp³-hybridized carbons (Fsp3) is 0.385. The SMILES string of the molecule is CNCCC(=O)NC1CSc2c(C)c(F)cc3nc4c(c1c23)Cn1c-4cc(C(C=O)N=O)c(COC)c1=O. The molecule has 0 bridgehead atoms. The summed E-state index contributed by atoms with van der Waals surface area (Å²) in [4.78, 5) is 54.9. The van der Waals surface area contributed by atoms with E-state index in [0.29, 0.717) is 47.5 Å². The van der Waals surface area contributed by atoms with Gasteiger partial charge in [-0.05, 0) is 31.2 Å². The van der Waals surface area contributed by atoms with E-state index >= 15 is 0 Å². The number of hydrogen-bond acceptors (Lipinski definition) is 9. The molecular weight excluding hydrogens is 513 g/mol. The topological polar surface area (TPSA) is 132 Å². The summed E-state index contributed by atoms with van der Waals surface area (Å²) in [6.45, 7) is 2.30. The van der Waals surface area contributed by atoms with Gasteiger partial charge >= 0.3 is 0 Å². The van der Waals surface area contributed by atoms with Gasteiger partial charge in [0, 0.05) is 58.9 Å². The molecule has 0 fully saturated rings. The van der Waals surface area contributed by atoms with E-state index in [9.17, 15) is 23.7 Å². The molecule has 12 heteroatoms. The van der Waals surface area contributed by atoms with Crippen LogP contribution in [0.3, 0.4) is 0 Å². The Hall–Kier alpha value is -3.48. The summed E-state index contributed by atoms with van der Waals surface area (Å²) in [7, 11) is 3.18. The summed E-state index contributed by atoms with van der Waals surface area (Å²) >= 11 is 1.47. The van der Waals surface area contributed by atoms with Crippen LogP contribution in [-0.2, 0) is 27.5 Å². The first-order chi connectivity index (χ1) is 18.3. The van der Waals surface area contributed by atoms with Gasteiger partial charge in [0.05, 0.1) is 36.1 Å². The second-order valence-corrected chi connectivity index (χ2v) is 10.3. The predicted molar refractivity (Wildman–Crippen MR) is 141 cm³/mol. The Morgan fingerprint density at radius 2 is 2.21 bits per heavy atom. The molecule has 38 heavy (non-hydrogen) atoms. The number of aldehydes is 1. The highest BCUT2D eigenvalue weighted by molar-refractivity contribution is 7.99. The second kappa shape index (κ2) is 10.4. The van der Waals surface area contributed by atoms with Crippen LogP contribution in [0.25, 0.3) is 22.3 Å². The van der Waals surface area contributed by atoms with Gasteiger partial charge in [0.25, 0.3) is 5.56 Å². The Morgan fingerprint density at radius 3 is 2.89 bits per heavy atom. The third kappa shape index (κ3) is 4.12. The first kappa shape index (κ1) is 26.1. The van der Waals surface area contributed by atoms with Crippen LogP contribution in [0.1, 0.15) is 46.3 Å². The van der Waals surface area contributed by atoms with Crippen molar-refractivity contribution in [3.8, 4) is 11.4 Å². The van der Waals surface area contributed by atoms with Crippen LogP contribution in [0.5, 0.6) is 0 Å². The Balaban J connectivity index is 1.77. The van der Waals surface area contributed by atoms with Crippen LogP contribution in [0.4, 0.5) is 4.39 Å². The van der Waals surface area contributed by atoms with Gasteiger partial charge in [-0.3, -0.25) is 9.59 Å². The molecular formula is C26H26FN5O5S. The van der Waals surface area contributed by atoms with Gasteiger partial charge < -0.3 is 24.7 Å². The quantitative estimate of drug-likeness (QED) is 0.245. The molecule has 3 aromatic rings. The van der Waals surface area contributed by atoms with Gasteiger partial charge in [0.1, 0.15) is 5.82 Å². The number of carbonyl (C=O) groups is 2. The Morgan fingerprint density at radius 1 is 1.42 bits per heavy atom. The fourth-order valence-electron chi connectivity index (χ4n) is 5.26. The van der Waals surface area contributed by atoms with Crippen molar-refractivity contribution in [3.63, 3.8) is 0 Å². The zero-order chi connectivity index (χ0) is 27.1.